The minimum Gasteiger partial charge on any atom is -0.323 e. The van der Waals surface area contributed by atoms with E-state index in [1.54, 1.807) is 31.2 Å². The van der Waals surface area contributed by atoms with Gasteiger partial charge in [-0.1, -0.05) is 12.8 Å². The van der Waals surface area contributed by atoms with Gasteiger partial charge in [-0.2, -0.15) is 0 Å². The third-order valence-electron chi connectivity index (χ3n) is 5.20. The number of anilines is 1. The molecule has 0 spiro atoms. The quantitative estimate of drug-likeness (QED) is 0.865. The molecule has 0 aromatic heterocycles. The fraction of sp³-hybridized carbons (Fsp3) is 0.579. The second-order valence-corrected chi connectivity index (χ2v) is 6.88. The lowest BCUT2D eigenvalue weighted by Crippen LogP contribution is -2.40. The molecule has 0 bridgehead atoms. The topological polar surface area (TPSA) is 52.7 Å². The Labute approximate surface area is 144 Å². The number of Topliss-reactive ketones (excluding diaryl/α,β-unsaturated/α-hetero) is 1. The molecule has 2 amide bonds. The van der Waals surface area contributed by atoms with Crippen LogP contribution in [0.1, 0.15) is 49.4 Å². The minimum absolute atomic E-state index is 0.0346. The predicted octanol–water partition coefficient (Wildman–Crippen LogP) is 3.37. The van der Waals surface area contributed by atoms with Crippen LogP contribution < -0.4 is 5.32 Å². The first-order chi connectivity index (χ1) is 11.6. The zero-order valence-electron chi connectivity index (χ0n) is 14.5. The number of ketones is 1. The Bertz CT molecular complexity index is 579. The molecule has 1 heterocycles. The summed E-state index contributed by atoms with van der Waals surface area (Å²) in [5, 5.41) is 2.95. The first-order valence-electron chi connectivity index (χ1n) is 9.04. The van der Waals surface area contributed by atoms with Gasteiger partial charge < -0.3 is 10.2 Å². The van der Waals surface area contributed by atoms with Crippen molar-refractivity contribution in [2.24, 2.45) is 0 Å². The molecule has 1 aliphatic heterocycles. The van der Waals surface area contributed by atoms with Crippen molar-refractivity contribution in [3.05, 3.63) is 29.8 Å². The van der Waals surface area contributed by atoms with E-state index in [-0.39, 0.29) is 11.8 Å². The van der Waals surface area contributed by atoms with Gasteiger partial charge in [0.25, 0.3) is 0 Å². The van der Waals surface area contributed by atoms with Crippen molar-refractivity contribution in [2.75, 3.05) is 31.5 Å². The number of carbonyl (C=O) groups excluding carboxylic acids is 2. The Morgan fingerprint density at radius 3 is 2.33 bits per heavy atom. The lowest BCUT2D eigenvalue weighted by molar-refractivity contribution is 0.101. The van der Waals surface area contributed by atoms with E-state index in [0.717, 1.165) is 44.3 Å². The number of urea groups is 1. The van der Waals surface area contributed by atoms with Crippen LogP contribution in [0.25, 0.3) is 0 Å². The summed E-state index contributed by atoms with van der Waals surface area (Å²) in [6.07, 6.45) is 6.36. The Morgan fingerprint density at radius 1 is 0.958 bits per heavy atom. The standard InChI is InChI=1S/C19H27N3O2/c1-15(23)16-7-9-17(10-8-16)20-19(24)22-12-4-11-21(13-14-22)18-5-2-3-6-18/h7-10,18H,2-6,11-14H2,1H3,(H,20,24). The molecule has 1 aliphatic carbocycles. The third-order valence-corrected chi connectivity index (χ3v) is 5.20. The predicted molar refractivity (Wildman–Crippen MR) is 95.5 cm³/mol. The monoisotopic (exact) mass is 329 g/mol. The van der Waals surface area contributed by atoms with Crippen molar-refractivity contribution in [3.63, 3.8) is 0 Å². The van der Waals surface area contributed by atoms with E-state index in [1.165, 1.54) is 25.7 Å². The maximum Gasteiger partial charge on any atom is 0.321 e. The van der Waals surface area contributed by atoms with Gasteiger partial charge in [-0.3, -0.25) is 9.69 Å². The van der Waals surface area contributed by atoms with Crippen LogP contribution in [-0.4, -0.2) is 53.8 Å². The Hall–Kier alpha value is -1.88. The van der Waals surface area contributed by atoms with Crippen LogP contribution in [0.2, 0.25) is 0 Å². The van der Waals surface area contributed by atoms with E-state index in [4.69, 9.17) is 0 Å². The maximum atomic E-state index is 12.5. The van der Waals surface area contributed by atoms with Gasteiger partial charge in [-0.25, -0.2) is 4.79 Å². The number of nitrogens with one attached hydrogen (secondary N) is 1. The summed E-state index contributed by atoms with van der Waals surface area (Å²) in [6.45, 7) is 5.21. The molecule has 2 fully saturated rings. The van der Waals surface area contributed by atoms with Gasteiger partial charge in [0.05, 0.1) is 0 Å². The van der Waals surface area contributed by atoms with Crippen molar-refractivity contribution in [1.82, 2.24) is 9.80 Å². The normalized spacial score (nSPS) is 20.0. The second-order valence-electron chi connectivity index (χ2n) is 6.88. The number of benzene rings is 1. The van der Waals surface area contributed by atoms with Gasteiger partial charge in [0.2, 0.25) is 0 Å². The molecule has 5 nitrogen and oxygen atoms in total. The molecule has 1 N–H and O–H groups in total. The zero-order chi connectivity index (χ0) is 16.9. The molecule has 24 heavy (non-hydrogen) atoms. The van der Waals surface area contributed by atoms with Crippen LogP contribution in [-0.2, 0) is 0 Å². The molecular weight excluding hydrogens is 302 g/mol. The van der Waals surface area contributed by atoms with Crippen molar-refractivity contribution in [1.29, 1.82) is 0 Å². The summed E-state index contributed by atoms with van der Waals surface area (Å²) in [6, 6.07) is 7.77. The lowest BCUT2D eigenvalue weighted by Gasteiger charge is -2.27. The highest BCUT2D eigenvalue weighted by atomic mass is 16.2. The molecule has 5 heteroatoms. The van der Waals surface area contributed by atoms with Crippen LogP contribution in [0, 0.1) is 0 Å². The first-order valence-corrected chi connectivity index (χ1v) is 9.04. The van der Waals surface area contributed by atoms with Crippen molar-refractivity contribution in [2.45, 2.75) is 45.1 Å². The summed E-state index contributed by atoms with van der Waals surface area (Å²) in [5.74, 6) is 0.0346. The summed E-state index contributed by atoms with van der Waals surface area (Å²) in [5.41, 5.74) is 1.40. The molecular formula is C19H27N3O2. The van der Waals surface area contributed by atoms with Gasteiger partial charge in [0.15, 0.2) is 5.78 Å². The number of carbonyl (C=O) groups is 2. The first kappa shape index (κ1) is 17.0. The lowest BCUT2D eigenvalue weighted by atomic mass is 10.1. The van der Waals surface area contributed by atoms with E-state index in [0.29, 0.717) is 5.56 Å². The van der Waals surface area contributed by atoms with Gasteiger partial charge in [0, 0.05) is 43.5 Å². The maximum absolute atomic E-state index is 12.5. The van der Waals surface area contributed by atoms with E-state index in [2.05, 4.69) is 10.2 Å². The molecule has 130 valence electrons. The van der Waals surface area contributed by atoms with Gasteiger partial charge in [-0.05, 0) is 50.5 Å². The molecule has 1 aromatic rings. The largest absolute Gasteiger partial charge is 0.323 e. The molecule has 3 rings (SSSR count). The van der Waals surface area contributed by atoms with E-state index in [1.807, 2.05) is 4.90 Å². The third kappa shape index (κ3) is 4.15. The Balaban J connectivity index is 1.53. The van der Waals surface area contributed by atoms with Crippen LogP contribution >= 0.6 is 0 Å². The van der Waals surface area contributed by atoms with Crippen molar-refractivity contribution < 1.29 is 9.59 Å². The fourth-order valence-corrected chi connectivity index (χ4v) is 3.77. The molecule has 1 aromatic carbocycles. The summed E-state index contributed by atoms with van der Waals surface area (Å²) in [7, 11) is 0. The Morgan fingerprint density at radius 2 is 1.67 bits per heavy atom. The highest BCUT2D eigenvalue weighted by molar-refractivity contribution is 5.95. The molecule has 2 aliphatic rings. The second kappa shape index (κ2) is 7.79. The number of nitrogens with zero attached hydrogens (tertiary/aromatic N) is 2. The van der Waals surface area contributed by atoms with E-state index >= 15 is 0 Å². The minimum atomic E-state index is -0.0427. The molecule has 1 saturated carbocycles. The van der Waals surface area contributed by atoms with E-state index < -0.39 is 0 Å². The van der Waals surface area contributed by atoms with E-state index in [9.17, 15) is 9.59 Å². The highest BCUT2D eigenvalue weighted by Gasteiger charge is 2.26. The van der Waals surface area contributed by atoms with Crippen LogP contribution in [0.3, 0.4) is 0 Å². The Kier molecular flexibility index (Phi) is 5.51. The van der Waals surface area contributed by atoms with Gasteiger partial charge in [0.1, 0.15) is 0 Å². The molecule has 0 atom stereocenters. The number of rotatable bonds is 3. The SMILES string of the molecule is CC(=O)c1ccc(NC(=O)N2CCCN(C3CCCC3)CC2)cc1. The average Bonchev–Trinajstić information content (AvgIpc) is 3.00. The van der Waals surface area contributed by atoms with Crippen molar-refractivity contribution >= 4 is 17.5 Å². The summed E-state index contributed by atoms with van der Waals surface area (Å²) in [4.78, 5) is 28.3. The van der Waals surface area contributed by atoms with Crippen LogP contribution in [0.15, 0.2) is 24.3 Å². The average molecular weight is 329 g/mol. The smallest absolute Gasteiger partial charge is 0.321 e. The highest BCUT2D eigenvalue weighted by Crippen LogP contribution is 2.24. The number of hydrogen-bond donors (Lipinski definition) is 1. The number of hydrogen-bond acceptors (Lipinski definition) is 3. The zero-order valence-corrected chi connectivity index (χ0v) is 14.5. The van der Waals surface area contributed by atoms with Crippen LogP contribution in [0.4, 0.5) is 10.5 Å². The van der Waals surface area contributed by atoms with Crippen LogP contribution in [0.5, 0.6) is 0 Å². The van der Waals surface area contributed by atoms with Crippen molar-refractivity contribution in [3.8, 4) is 0 Å². The van der Waals surface area contributed by atoms with Gasteiger partial charge >= 0.3 is 6.03 Å². The number of amides is 2. The summed E-state index contributed by atoms with van der Waals surface area (Å²) < 4.78 is 0. The van der Waals surface area contributed by atoms with Gasteiger partial charge in [-0.15, -0.1) is 0 Å². The summed E-state index contributed by atoms with van der Waals surface area (Å²) >= 11 is 0. The fourth-order valence-electron chi connectivity index (χ4n) is 3.77. The molecule has 0 radical (unpaired) electrons. The molecule has 1 saturated heterocycles. The molecule has 0 unspecified atom stereocenters.